The van der Waals surface area contributed by atoms with E-state index in [0.717, 1.165) is 48.6 Å². The third-order valence-corrected chi connectivity index (χ3v) is 6.06. The van der Waals surface area contributed by atoms with Crippen LogP contribution in [0.4, 0.5) is 0 Å². The minimum Gasteiger partial charge on any atom is -0.350 e. The van der Waals surface area contributed by atoms with Gasteiger partial charge in [-0.25, -0.2) is 0 Å². The summed E-state index contributed by atoms with van der Waals surface area (Å²) in [6.07, 6.45) is 5.05. The summed E-state index contributed by atoms with van der Waals surface area (Å²) >= 11 is 0. The maximum Gasteiger partial charge on any atom is 0.267 e. The van der Waals surface area contributed by atoms with Crippen LogP contribution >= 0.6 is 0 Å². The predicted octanol–water partition coefficient (Wildman–Crippen LogP) is 2.47. The molecule has 27 heavy (non-hydrogen) atoms. The Labute approximate surface area is 159 Å². The van der Waals surface area contributed by atoms with E-state index in [9.17, 15) is 9.59 Å². The lowest BCUT2D eigenvalue weighted by Crippen LogP contribution is -2.52. The van der Waals surface area contributed by atoms with Crippen molar-refractivity contribution in [2.75, 3.05) is 6.54 Å². The summed E-state index contributed by atoms with van der Waals surface area (Å²) in [5, 5.41) is 4.25. The molecular weight excluding hydrogens is 340 g/mol. The smallest absolute Gasteiger partial charge is 0.267 e. The van der Waals surface area contributed by atoms with Crippen molar-refractivity contribution in [1.29, 1.82) is 0 Å². The third kappa shape index (κ3) is 3.46. The van der Waals surface area contributed by atoms with E-state index in [1.807, 2.05) is 31.2 Å². The molecule has 1 aromatic carbocycles. The van der Waals surface area contributed by atoms with Crippen molar-refractivity contribution in [3.05, 3.63) is 35.5 Å². The highest BCUT2D eigenvalue weighted by Crippen LogP contribution is 2.36. The number of nitrogens with two attached hydrogens (primary N) is 1. The highest BCUT2D eigenvalue weighted by Gasteiger charge is 2.43. The molecule has 1 aromatic heterocycles. The molecule has 4 rings (SSSR count). The number of hydrogen-bond acceptors (Lipinski definition) is 3. The van der Waals surface area contributed by atoms with Crippen molar-refractivity contribution in [2.45, 2.75) is 63.6 Å². The number of benzene rings is 1. The van der Waals surface area contributed by atoms with Gasteiger partial charge in [0.1, 0.15) is 5.69 Å². The Morgan fingerprint density at radius 3 is 2.67 bits per heavy atom. The van der Waals surface area contributed by atoms with Gasteiger partial charge < -0.3 is 20.9 Å². The number of aryl methyl sites for hydroxylation is 1. The number of carbonyl (C=O) groups excluding carboxylic acids is 2. The molecule has 4 N–H and O–H groups in total. The van der Waals surface area contributed by atoms with Gasteiger partial charge in [-0.05, 0) is 57.2 Å². The molecule has 2 fully saturated rings. The van der Waals surface area contributed by atoms with Crippen molar-refractivity contribution in [3.8, 4) is 0 Å². The van der Waals surface area contributed by atoms with Crippen LogP contribution in [0.25, 0.3) is 10.9 Å². The Morgan fingerprint density at radius 2 is 2.00 bits per heavy atom. The highest BCUT2D eigenvalue weighted by atomic mass is 16.2. The number of H-pyrrole nitrogens is 1. The molecule has 3 heterocycles. The largest absolute Gasteiger partial charge is 0.350 e. The Morgan fingerprint density at radius 1 is 1.26 bits per heavy atom. The molecule has 0 spiro atoms. The molecule has 2 aromatic rings. The Balaban J connectivity index is 1.41. The Kier molecular flexibility index (Phi) is 4.91. The van der Waals surface area contributed by atoms with Crippen LogP contribution in [0.1, 0.15) is 54.6 Å². The lowest BCUT2D eigenvalue weighted by molar-refractivity contribution is -0.135. The van der Waals surface area contributed by atoms with E-state index in [1.54, 1.807) is 0 Å². The molecule has 0 aliphatic carbocycles. The van der Waals surface area contributed by atoms with Crippen molar-refractivity contribution in [1.82, 2.24) is 15.2 Å². The van der Waals surface area contributed by atoms with Gasteiger partial charge in [-0.3, -0.25) is 9.59 Å². The van der Waals surface area contributed by atoms with Crippen LogP contribution in [0.3, 0.4) is 0 Å². The molecule has 3 atom stereocenters. The normalized spacial score (nSPS) is 24.4. The number of nitrogens with zero attached hydrogens (tertiary/aromatic N) is 1. The number of fused-ring (bicyclic) bond motifs is 3. The summed E-state index contributed by atoms with van der Waals surface area (Å²) < 4.78 is 0. The number of aromatic amines is 1. The molecule has 6 nitrogen and oxygen atoms in total. The zero-order chi connectivity index (χ0) is 19.0. The van der Waals surface area contributed by atoms with Gasteiger partial charge in [-0.15, -0.1) is 0 Å². The summed E-state index contributed by atoms with van der Waals surface area (Å²) in [4.78, 5) is 30.6. The fourth-order valence-electron chi connectivity index (χ4n) is 4.78. The molecule has 2 amide bonds. The number of nitrogens with one attached hydrogen (secondary N) is 2. The van der Waals surface area contributed by atoms with Crippen LogP contribution < -0.4 is 11.1 Å². The number of piperidine rings is 1. The average Bonchev–Trinajstić information content (AvgIpc) is 3.20. The van der Waals surface area contributed by atoms with Gasteiger partial charge in [0.05, 0.1) is 0 Å². The summed E-state index contributed by atoms with van der Waals surface area (Å²) in [7, 11) is 0. The second kappa shape index (κ2) is 7.35. The van der Waals surface area contributed by atoms with E-state index in [0.29, 0.717) is 18.7 Å². The summed E-state index contributed by atoms with van der Waals surface area (Å²) in [6.45, 7) is 2.59. The fraction of sp³-hybridized carbons (Fsp3) is 0.524. The monoisotopic (exact) mass is 368 g/mol. The first-order chi connectivity index (χ1) is 13.1. The van der Waals surface area contributed by atoms with Crippen molar-refractivity contribution in [2.24, 2.45) is 5.73 Å². The number of amides is 2. The van der Waals surface area contributed by atoms with Crippen LogP contribution in [-0.2, 0) is 4.79 Å². The van der Waals surface area contributed by atoms with E-state index >= 15 is 0 Å². The first kappa shape index (κ1) is 18.0. The third-order valence-electron chi connectivity index (χ3n) is 6.06. The molecule has 2 saturated heterocycles. The van der Waals surface area contributed by atoms with Gasteiger partial charge in [-0.1, -0.05) is 18.2 Å². The lowest BCUT2D eigenvalue weighted by Gasteiger charge is -2.39. The van der Waals surface area contributed by atoms with E-state index in [-0.39, 0.29) is 29.9 Å². The number of aromatic nitrogens is 1. The van der Waals surface area contributed by atoms with Crippen LogP contribution in [0.15, 0.2) is 24.3 Å². The van der Waals surface area contributed by atoms with Crippen LogP contribution in [0.2, 0.25) is 0 Å². The van der Waals surface area contributed by atoms with E-state index < -0.39 is 0 Å². The molecule has 6 heteroatoms. The van der Waals surface area contributed by atoms with Gasteiger partial charge in [0.2, 0.25) is 5.91 Å². The standard InChI is InChI=1S/C21H28N4O2/c1-13-4-2-5-14-10-18(24-20(13)14)21(27)23-15-11-16-7-8-17(12-15)25(16)19(26)6-3-9-22/h2,4-5,10,15-17,24H,3,6-9,11-12,22H2,1H3,(H,23,27)/t15-,16-,17+. The van der Waals surface area contributed by atoms with Gasteiger partial charge in [0.25, 0.3) is 5.91 Å². The molecule has 144 valence electrons. The molecule has 2 bridgehead atoms. The minimum atomic E-state index is -0.0575. The molecular formula is C21H28N4O2. The van der Waals surface area contributed by atoms with Crippen molar-refractivity contribution >= 4 is 22.7 Å². The van der Waals surface area contributed by atoms with Crippen LogP contribution in [-0.4, -0.2) is 46.4 Å². The SMILES string of the molecule is Cc1cccc2cc(C(=O)N[C@@H]3C[C@H]4CC[C@@H](C3)N4C(=O)CCCN)[nH]c12. The molecule has 2 aliphatic heterocycles. The number of hydrogen-bond donors (Lipinski definition) is 3. The summed E-state index contributed by atoms with van der Waals surface area (Å²) in [6, 6.07) is 8.60. The number of para-hydroxylation sites is 1. The summed E-state index contributed by atoms with van der Waals surface area (Å²) in [5.74, 6) is 0.168. The second-order valence-corrected chi connectivity index (χ2v) is 7.94. The zero-order valence-electron chi connectivity index (χ0n) is 15.8. The Bertz CT molecular complexity index is 845. The first-order valence-electron chi connectivity index (χ1n) is 9.97. The van der Waals surface area contributed by atoms with Crippen molar-refractivity contribution < 1.29 is 9.59 Å². The fourth-order valence-corrected chi connectivity index (χ4v) is 4.78. The lowest BCUT2D eigenvalue weighted by atomic mass is 9.96. The summed E-state index contributed by atoms with van der Waals surface area (Å²) in [5.41, 5.74) is 8.29. The second-order valence-electron chi connectivity index (χ2n) is 7.94. The quantitative estimate of drug-likeness (QED) is 0.757. The van der Waals surface area contributed by atoms with Crippen molar-refractivity contribution in [3.63, 3.8) is 0 Å². The average molecular weight is 368 g/mol. The van der Waals surface area contributed by atoms with Gasteiger partial charge in [0, 0.05) is 35.4 Å². The highest BCUT2D eigenvalue weighted by molar-refractivity contribution is 5.98. The Hall–Kier alpha value is -2.34. The van der Waals surface area contributed by atoms with E-state index in [4.69, 9.17) is 5.73 Å². The number of carbonyl (C=O) groups is 2. The van der Waals surface area contributed by atoms with Gasteiger partial charge >= 0.3 is 0 Å². The maximum absolute atomic E-state index is 12.7. The maximum atomic E-state index is 12.7. The molecule has 0 radical (unpaired) electrons. The van der Waals surface area contributed by atoms with Crippen LogP contribution in [0, 0.1) is 6.92 Å². The van der Waals surface area contributed by atoms with Gasteiger partial charge in [-0.2, -0.15) is 0 Å². The predicted molar refractivity (Wildman–Crippen MR) is 105 cm³/mol. The topological polar surface area (TPSA) is 91.2 Å². The van der Waals surface area contributed by atoms with Crippen LogP contribution in [0.5, 0.6) is 0 Å². The zero-order valence-corrected chi connectivity index (χ0v) is 15.8. The minimum absolute atomic E-state index is 0.0575. The van der Waals surface area contributed by atoms with E-state index in [2.05, 4.69) is 15.2 Å². The molecule has 0 saturated carbocycles. The number of rotatable bonds is 5. The molecule has 0 unspecified atom stereocenters. The molecule has 2 aliphatic rings. The first-order valence-corrected chi connectivity index (χ1v) is 9.97. The van der Waals surface area contributed by atoms with E-state index in [1.165, 1.54) is 0 Å². The van der Waals surface area contributed by atoms with Gasteiger partial charge in [0.15, 0.2) is 0 Å².